The Hall–Kier alpha value is -1.32. The highest BCUT2D eigenvalue weighted by atomic mass is 15.2. The molecule has 1 N–H and O–H groups in total. The summed E-state index contributed by atoms with van der Waals surface area (Å²) >= 11 is 0. The number of hydrogen-bond donors (Lipinski definition) is 1. The Kier molecular flexibility index (Phi) is 4.61. The molecule has 0 radical (unpaired) electrons. The van der Waals surface area contributed by atoms with Crippen LogP contribution < -0.4 is 10.2 Å². The van der Waals surface area contributed by atoms with Gasteiger partial charge in [0, 0.05) is 31.4 Å². The predicted octanol–water partition coefficient (Wildman–Crippen LogP) is 3.09. The van der Waals surface area contributed by atoms with Gasteiger partial charge >= 0.3 is 0 Å². The van der Waals surface area contributed by atoms with Crippen molar-refractivity contribution in [3.63, 3.8) is 0 Å². The summed E-state index contributed by atoms with van der Waals surface area (Å²) in [5, 5.41) is 3.27. The van der Waals surface area contributed by atoms with Crippen molar-refractivity contribution in [2.24, 2.45) is 11.8 Å². The van der Waals surface area contributed by atoms with E-state index in [9.17, 15) is 0 Å². The zero-order chi connectivity index (χ0) is 13.8. The summed E-state index contributed by atoms with van der Waals surface area (Å²) in [5.74, 6) is 3.34. The van der Waals surface area contributed by atoms with E-state index < -0.39 is 0 Å². The van der Waals surface area contributed by atoms with Crippen molar-refractivity contribution in [2.45, 2.75) is 40.5 Å². The maximum atomic E-state index is 4.71. The van der Waals surface area contributed by atoms with Gasteiger partial charge in [-0.1, -0.05) is 20.8 Å². The summed E-state index contributed by atoms with van der Waals surface area (Å²) in [6, 6.07) is 0. The van der Waals surface area contributed by atoms with Gasteiger partial charge in [-0.2, -0.15) is 4.98 Å². The Morgan fingerprint density at radius 2 is 2.00 bits per heavy atom. The topological polar surface area (TPSA) is 41.1 Å². The van der Waals surface area contributed by atoms with Crippen molar-refractivity contribution in [3.8, 4) is 0 Å². The van der Waals surface area contributed by atoms with Gasteiger partial charge in [-0.25, -0.2) is 4.98 Å². The molecule has 4 heteroatoms. The molecule has 2 rings (SSSR count). The number of nitrogens with one attached hydrogen (secondary N) is 1. The molecule has 0 saturated carbocycles. The van der Waals surface area contributed by atoms with Gasteiger partial charge in [0.2, 0.25) is 5.95 Å². The Morgan fingerprint density at radius 3 is 2.63 bits per heavy atom. The van der Waals surface area contributed by atoms with Crippen LogP contribution in [-0.4, -0.2) is 29.6 Å². The molecule has 2 heterocycles. The number of anilines is 2. The van der Waals surface area contributed by atoms with Crippen LogP contribution in [0.5, 0.6) is 0 Å². The van der Waals surface area contributed by atoms with Gasteiger partial charge in [0.05, 0.1) is 0 Å². The molecule has 4 nitrogen and oxygen atoms in total. The molecule has 1 saturated heterocycles. The van der Waals surface area contributed by atoms with Crippen LogP contribution in [-0.2, 0) is 0 Å². The van der Waals surface area contributed by atoms with Crippen LogP contribution >= 0.6 is 0 Å². The third kappa shape index (κ3) is 3.58. The normalized spacial score (nSPS) is 23.5. The van der Waals surface area contributed by atoms with Crippen molar-refractivity contribution in [1.29, 1.82) is 0 Å². The highest BCUT2D eigenvalue weighted by molar-refractivity contribution is 5.49. The third-order valence-electron chi connectivity index (χ3n) is 3.65. The Labute approximate surface area is 116 Å². The Morgan fingerprint density at radius 1 is 1.32 bits per heavy atom. The molecule has 1 aromatic rings. The van der Waals surface area contributed by atoms with E-state index in [4.69, 9.17) is 4.98 Å². The van der Waals surface area contributed by atoms with Crippen molar-refractivity contribution in [3.05, 3.63) is 11.8 Å². The molecular formula is C15H26N4. The molecule has 0 bridgehead atoms. The van der Waals surface area contributed by atoms with E-state index in [1.54, 1.807) is 0 Å². The Bertz CT molecular complexity index is 409. The van der Waals surface area contributed by atoms with E-state index in [1.807, 2.05) is 6.20 Å². The highest BCUT2D eigenvalue weighted by Crippen LogP contribution is 2.27. The highest BCUT2D eigenvalue weighted by Gasteiger charge is 2.24. The minimum Gasteiger partial charge on any atom is -0.356 e. The number of nitrogens with zero attached hydrogens (tertiary/aromatic N) is 3. The molecule has 2 unspecified atom stereocenters. The van der Waals surface area contributed by atoms with Gasteiger partial charge in [-0.05, 0) is 31.6 Å². The van der Waals surface area contributed by atoms with E-state index >= 15 is 0 Å². The van der Waals surface area contributed by atoms with Gasteiger partial charge in [-0.3, -0.25) is 0 Å². The zero-order valence-electron chi connectivity index (χ0n) is 12.6. The Balaban J connectivity index is 2.17. The first-order valence-corrected chi connectivity index (χ1v) is 7.42. The minimum absolute atomic E-state index is 0.741. The number of aromatic nitrogens is 2. The number of rotatable bonds is 4. The van der Waals surface area contributed by atoms with E-state index in [1.165, 1.54) is 12.0 Å². The quantitative estimate of drug-likeness (QED) is 0.905. The van der Waals surface area contributed by atoms with Gasteiger partial charge < -0.3 is 10.2 Å². The first kappa shape index (κ1) is 14.1. The van der Waals surface area contributed by atoms with Crippen LogP contribution in [0.3, 0.4) is 0 Å². The molecular weight excluding hydrogens is 236 g/mol. The van der Waals surface area contributed by atoms with Crippen molar-refractivity contribution in [1.82, 2.24) is 9.97 Å². The lowest BCUT2D eigenvalue weighted by Crippen LogP contribution is -2.39. The molecule has 0 aromatic carbocycles. The van der Waals surface area contributed by atoms with Crippen LogP contribution in [0, 0.1) is 18.8 Å². The van der Waals surface area contributed by atoms with Gasteiger partial charge in [0.25, 0.3) is 0 Å². The van der Waals surface area contributed by atoms with Crippen molar-refractivity contribution in [2.75, 3.05) is 29.9 Å². The minimum atomic E-state index is 0.741. The average molecular weight is 262 g/mol. The second kappa shape index (κ2) is 6.22. The maximum Gasteiger partial charge on any atom is 0.224 e. The predicted molar refractivity (Wildman–Crippen MR) is 80.7 cm³/mol. The first-order chi connectivity index (χ1) is 9.10. The van der Waals surface area contributed by atoms with Gasteiger partial charge in [0.1, 0.15) is 5.82 Å². The molecule has 106 valence electrons. The van der Waals surface area contributed by atoms with Crippen molar-refractivity contribution >= 4 is 11.8 Å². The smallest absolute Gasteiger partial charge is 0.224 e. The summed E-state index contributed by atoms with van der Waals surface area (Å²) in [6.07, 6.45) is 4.34. The summed E-state index contributed by atoms with van der Waals surface area (Å²) < 4.78 is 0. The molecule has 0 spiro atoms. The zero-order valence-corrected chi connectivity index (χ0v) is 12.6. The SMILES string of the molecule is CCCNc1ncc(C)c(N2CC(C)CC(C)C2)n1. The average Bonchev–Trinajstić information content (AvgIpc) is 2.36. The molecule has 1 fully saturated rings. The van der Waals surface area contributed by atoms with Crippen LogP contribution in [0.4, 0.5) is 11.8 Å². The fourth-order valence-electron chi connectivity index (χ4n) is 2.91. The summed E-state index contributed by atoms with van der Waals surface area (Å²) in [5.41, 5.74) is 1.17. The maximum absolute atomic E-state index is 4.71. The lowest BCUT2D eigenvalue weighted by molar-refractivity contribution is 0.355. The second-order valence-corrected chi connectivity index (χ2v) is 5.98. The molecule has 1 aliphatic heterocycles. The molecule has 19 heavy (non-hydrogen) atoms. The van der Waals surface area contributed by atoms with Crippen LogP contribution in [0.1, 0.15) is 39.2 Å². The monoisotopic (exact) mass is 262 g/mol. The summed E-state index contributed by atoms with van der Waals surface area (Å²) in [7, 11) is 0. The summed E-state index contributed by atoms with van der Waals surface area (Å²) in [6.45, 7) is 12.0. The first-order valence-electron chi connectivity index (χ1n) is 7.42. The molecule has 0 amide bonds. The van der Waals surface area contributed by atoms with Gasteiger partial charge in [0.15, 0.2) is 0 Å². The van der Waals surface area contributed by atoms with Crippen molar-refractivity contribution < 1.29 is 0 Å². The number of piperidine rings is 1. The van der Waals surface area contributed by atoms with Crippen LogP contribution in [0.15, 0.2) is 6.20 Å². The van der Waals surface area contributed by atoms with Gasteiger partial charge in [-0.15, -0.1) is 0 Å². The van der Waals surface area contributed by atoms with E-state index in [0.29, 0.717) is 0 Å². The fourth-order valence-corrected chi connectivity index (χ4v) is 2.91. The van der Waals surface area contributed by atoms with Crippen LogP contribution in [0.25, 0.3) is 0 Å². The van der Waals surface area contributed by atoms with Crippen LogP contribution in [0.2, 0.25) is 0 Å². The molecule has 1 aromatic heterocycles. The number of aryl methyl sites for hydroxylation is 1. The molecule has 0 aliphatic carbocycles. The number of hydrogen-bond acceptors (Lipinski definition) is 4. The van der Waals surface area contributed by atoms with E-state index in [0.717, 1.165) is 49.7 Å². The second-order valence-electron chi connectivity index (χ2n) is 5.98. The molecule has 2 atom stereocenters. The third-order valence-corrected chi connectivity index (χ3v) is 3.65. The lowest BCUT2D eigenvalue weighted by atomic mass is 9.92. The molecule has 1 aliphatic rings. The standard InChI is InChI=1S/C15H26N4/c1-5-6-16-15-17-8-13(4)14(18-15)19-9-11(2)7-12(3)10-19/h8,11-12H,5-7,9-10H2,1-4H3,(H,16,17,18). The fraction of sp³-hybridized carbons (Fsp3) is 0.733. The summed E-state index contributed by atoms with van der Waals surface area (Å²) in [4.78, 5) is 11.5. The van der Waals surface area contributed by atoms with E-state index in [2.05, 4.69) is 42.9 Å². The lowest BCUT2D eigenvalue weighted by Gasteiger charge is -2.36. The van der Waals surface area contributed by atoms with E-state index in [-0.39, 0.29) is 0 Å². The largest absolute Gasteiger partial charge is 0.356 e.